The molecule has 2 rings (SSSR count). The maximum absolute atomic E-state index is 5.99. The first-order valence-corrected chi connectivity index (χ1v) is 8.73. The molecule has 1 fully saturated rings. The van der Waals surface area contributed by atoms with Crippen molar-refractivity contribution in [3.8, 4) is 5.75 Å². The van der Waals surface area contributed by atoms with E-state index in [9.17, 15) is 0 Å². The lowest BCUT2D eigenvalue weighted by Gasteiger charge is -2.21. The third-order valence-electron chi connectivity index (χ3n) is 4.35. The third-order valence-corrected chi connectivity index (χ3v) is 4.35. The molecule has 1 atom stereocenters. The van der Waals surface area contributed by atoms with Crippen molar-refractivity contribution < 1.29 is 4.74 Å². The molecule has 5 heteroatoms. The normalized spacial score (nSPS) is 19.0. The number of nitrogens with one attached hydrogen (secondary N) is 1. The number of benzene rings is 1. The Labute approximate surface area is 139 Å². The van der Waals surface area contributed by atoms with Gasteiger partial charge in [-0.05, 0) is 50.9 Å². The minimum absolute atomic E-state index is 0.543. The number of likely N-dealkylation sites (tertiary alicyclic amines) is 1. The Morgan fingerprint density at radius 1 is 1.39 bits per heavy atom. The molecular formula is C18H30N4O. The largest absolute Gasteiger partial charge is 0.494 e. The molecule has 0 spiro atoms. The standard InChI is InChI=1S/C18H30N4O/c1-3-22-13-7-9-16(22)14-21-18(19)20-12-11-15-8-5-6-10-17(15)23-4-2/h5-6,8,10,16H,3-4,7,9,11-14H2,1-2H3,(H3,19,20,21). The molecule has 1 saturated heterocycles. The smallest absolute Gasteiger partial charge is 0.188 e. The van der Waals surface area contributed by atoms with Gasteiger partial charge in [0.05, 0.1) is 13.2 Å². The zero-order chi connectivity index (χ0) is 16.5. The summed E-state index contributed by atoms with van der Waals surface area (Å²) >= 11 is 0. The summed E-state index contributed by atoms with van der Waals surface area (Å²) in [6.07, 6.45) is 3.37. The molecular weight excluding hydrogens is 288 g/mol. The average Bonchev–Trinajstić information content (AvgIpc) is 3.02. The van der Waals surface area contributed by atoms with E-state index in [0.29, 0.717) is 18.6 Å². The summed E-state index contributed by atoms with van der Waals surface area (Å²) in [6, 6.07) is 8.69. The average molecular weight is 318 g/mol. The Bertz CT molecular complexity index is 504. The number of para-hydroxylation sites is 1. The number of aliphatic imine (C=N–C) groups is 1. The number of likely N-dealkylation sites (N-methyl/N-ethyl adjacent to an activating group) is 1. The summed E-state index contributed by atoms with van der Waals surface area (Å²) in [5.74, 6) is 1.50. The molecule has 0 aromatic heterocycles. The molecule has 1 aromatic carbocycles. The minimum atomic E-state index is 0.543. The number of hydrogen-bond donors (Lipinski definition) is 2. The molecule has 0 bridgehead atoms. The van der Waals surface area contributed by atoms with E-state index in [2.05, 4.69) is 28.2 Å². The van der Waals surface area contributed by atoms with Crippen LogP contribution in [0.3, 0.4) is 0 Å². The Morgan fingerprint density at radius 3 is 3.00 bits per heavy atom. The lowest BCUT2D eigenvalue weighted by atomic mass is 10.1. The van der Waals surface area contributed by atoms with Gasteiger partial charge >= 0.3 is 0 Å². The van der Waals surface area contributed by atoms with Gasteiger partial charge in [0.25, 0.3) is 0 Å². The van der Waals surface area contributed by atoms with Crippen molar-refractivity contribution >= 4 is 5.96 Å². The Morgan fingerprint density at radius 2 is 2.22 bits per heavy atom. The minimum Gasteiger partial charge on any atom is -0.494 e. The van der Waals surface area contributed by atoms with Crippen molar-refractivity contribution in [2.24, 2.45) is 10.7 Å². The molecule has 23 heavy (non-hydrogen) atoms. The van der Waals surface area contributed by atoms with Crippen LogP contribution >= 0.6 is 0 Å². The van der Waals surface area contributed by atoms with Crippen LogP contribution in [0.5, 0.6) is 5.75 Å². The van der Waals surface area contributed by atoms with Gasteiger partial charge < -0.3 is 15.8 Å². The molecule has 3 N–H and O–H groups in total. The SMILES string of the molecule is CCOc1ccccc1CCNC(N)=NCC1CCCN1CC. The summed E-state index contributed by atoms with van der Waals surface area (Å²) in [5, 5.41) is 3.21. The second kappa shape index (κ2) is 9.40. The Kier molecular flexibility index (Phi) is 7.20. The molecule has 0 amide bonds. The van der Waals surface area contributed by atoms with Crippen LogP contribution in [0.2, 0.25) is 0 Å². The van der Waals surface area contributed by atoms with E-state index in [0.717, 1.165) is 31.8 Å². The highest BCUT2D eigenvalue weighted by Gasteiger charge is 2.22. The lowest BCUT2D eigenvalue weighted by Crippen LogP contribution is -2.36. The van der Waals surface area contributed by atoms with Crippen molar-refractivity contribution in [1.82, 2.24) is 10.2 Å². The van der Waals surface area contributed by atoms with Crippen LogP contribution in [-0.4, -0.2) is 49.7 Å². The first-order valence-electron chi connectivity index (χ1n) is 8.73. The van der Waals surface area contributed by atoms with E-state index in [-0.39, 0.29) is 0 Å². The lowest BCUT2D eigenvalue weighted by molar-refractivity contribution is 0.273. The van der Waals surface area contributed by atoms with Crippen molar-refractivity contribution in [2.45, 2.75) is 39.2 Å². The van der Waals surface area contributed by atoms with Crippen LogP contribution in [0.1, 0.15) is 32.3 Å². The number of nitrogens with two attached hydrogens (primary N) is 1. The van der Waals surface area contributed by atoms with Crippen molar-refractivity contribution in [3.05, 3.63) is 29.8 Å². The number of rotatable bonds is 8. The van der Waals surface area contributed by atoms with E-state index in [1.54, 1.807) is 0 Å². The molecule has 1 aliphatic rings. The monoisotopic (exact) mass is 318 g/mol. The van der Waals surface area contributed by atoms with Gasteiger partial charge in [0.2, 0.25) is 0 Å². The van der Waals surface area contributed by atoms with E-state index in [4.69, 9.17) is 10.5 Å². The number of nitrogens with zero attached hydrogens (tertiary/aromatic N) is 2. The van der Waals surface area contributed by atoms with Crippen LogP contribution in [0.25, 0.3) is 0 Å². The van der Waals surface area contributed by atoms with E-state index < -0.39 is 0 Å². The molecule has 0 aliphatic carbocycles. The predicted octanol–water partition coefficient (Wildman–Crippen LogP) is 2.02. The Hall–Kier alpha value is -1.75. The maximum atomic E-state index is 5.99. The molecule has 5 nitrogen and oxygen atoms in total. The Balaban J connectivity index is 1.76. The molecule has 0 radical (unpaired) electrons. The molecule has 128 valence electrons. The maximum Gasteiger partial charge on any atom is 0.188 e. The topological polar surface area (TPSA) is 62.9 Å². The van der Waals surface area contributed by atoms with Crippen LogP contribution in [0.4, 0.5) is 0 Å². The summed E-state index contributed by atoms with van der Waals surface area (Å²) < 4.78 is 5.64. The molecule has 1 unspecified atom stereocenters. The summed E-state index contributed by atoms with van der Waals surface area (Å²) in [4.78, 5) is 6.99. The summed E-state index contributed by atoms with van der Waals surface area (Å²) in [7, 11) is 0. The van der Waals surface area contributed by atoms with Crippen LogP contribution in [0.15, 0.2) is 29.3 Å². The second-order valence-corrected chi connectivity index (χ2v) is 5.87. The fourth-order valence-electron chi connectivity index (χ4n) is 3.11. The van der Waals surface area contributed by atoms with Crippen molar-refractivity contribution in [2.75, 3.05) is 32.8 Å². The van der Waals surface area contributed by atoms with E-state index >= 15 is 0 Å². The fourth-order valence-corrected chi connectivity index (χ4v) is 3.11. The number of ether oxygens (including phenoxy) is 1. The van der Waals surface area contributed by atoms with Crippen LogP contribution in [0, 0.1) is 0 Å². The van der Waals surface area contributed by atoms with Gasteiger partial charge in [0.1, 0.15) is 5.75 Å². The predicted molar refractivity (Wildman–Crippen MR) is 96.1 cm³/mol. The molecule has 1 heterocycles. The third kappa shape index (κ3) is 5.43. The number of guanidine groups is 1. The first-order chi connectivity index (χ1) is 11.2. The first kappa shape index (κ1) is 17.6. The highest BCUT2D eigenvalue weighted by atomic mass is 16.5. The van der Waals surface area contributed by atoms with Crippen molar-refractivity contribution in [3.63, 3.8) is 0 Å². The van der Waals surface area contributed by atoms with Gasteiger partial charge in [-0.1, -0.05) is 25.1 Å². The van der Waals surface area contributed by atoms with E-state index in [1.165, 1.54) is 24.9 Å². The van der Waals surface area contributed by atoms with Crippen molar-refractivity contribution in [1.29, 1.82) is 0 Å². The molecule has 0 saturated carbocycles. The van der Waals surface area contributed by atoms with Gasteiger partial charge in [-0.15, -0.1) is 0 Å². The summed E-state index contributed by atoms with van der Waals surface area (Å²) in [6.45, 7) is 8.74. The van der Waals surface area contributed by atoms with Crippen LogP contribution in [-0.2, 0) is 6.42 Å². The second-order valence-electron chi connectivity index (χ2n) is 5.87. The fraction of sp³-hybridized carbons (Fsp3) is 0.611. The quantitative estimate of drug-likeness (QED) is 0.568. The van der Waals surface area contributed by atoms with E-state index in [1.807, 2.05) is 25.1 Å². The zero-order valence-corrected chi connectivity index (χ0v) is 14.4. The van der Waals surface area contributed by atoms with Gasteiger partial charge in [0, 0.05) is 12.6 Å². The highest BCUT2D eigenvalue weighted by molar-refractivity contribution is 5.77. The van der Waals surface area contributed by atoms with Gasteiger partial charge in [-0.2, -0.15) is 0 Å². The number of hydrogen-bond acceptors (Lipinski definition) is 3. The molecule has 1 aliphatic heterocycles. The summed E-state index contributed by atoms with van der Waals surface area (Å²) in [5.41, 5.74) is 7.19. The van der Waals surface area contributed by atoms with Gasteiger partial charge in [0.15, 0.2) is 5.96 Å². The molecule has 1 aromatic rings. The van der Waals surface area contributed by atoms with Gasteiger partial charge in [-0.25, -0.2) is 0 Å². The zero-order valence-electron chi connectivity index (χ0n) is 14.4. The van der Waals surface area contributed by atoms with Crippen LogP contribution < -0.4 is 15.8 Å². The highest BCUT2D eigenvalue weighted by Crippen LogP contribution is 2.18. The van der Waals surface area contributed by atoms with Gasteiger partial charge in [-0.3, -0.25) is 9.89 Å².